The van der Waals surface area contributed by atoms with Crippen LogP contribution in [0.1, 0.15) is 17.3 Å². The highest BCUT2D eigenvalue weighted by molar-refractivity contribution is 7.73. The Labute approximate surface area is 142 Å². The maximum absolute atomic E-state index is 14.1. The lowest BCUT2D eigenvalue weighted by molar-refractivity contribution is -0.114. The number of hydrogen-bond acceptors (Lipinski definition) is 5. The Morgan fingerprint density at radius 1 is 1.08 bits per heavy atom. The molecule has 0 saturated carbocycles. The number of carbonyl (C=O) groups excluding carboxylic acids is 2. The van der Waals surface area contributed by atoms with E-state index in [-0.39, 0.29) is 17.3 Å². The number of amides is 2. The van der Waals surface area contributed by atoms with E-state index >= 15 is 0 Å². The molecule has 1 aromatic heterocycles. The van der Waals surface area contributed by atoms with Crippen LogP contribution in [-0.2, 0) is 15.7 Å². The van der Waals surface area contributed by atoms with Crippen LogP contribution in [0.4, 0.5) is 26.0 Å². The van der Waals surface area contributed by atoms with E-state index in [1.54, 1.807) is 4.72 Å². The maximum atomic E-state index is 14.1. The van der Waals surface area contributed by atoms with Gasteiger partial charge in [-0.05, 0) is 24.3 Å². The lowest BCUT2D eigenvalue weighted by Crippen LogP contribution is -2.16. The molecule has 0 bridgehead atoms. The van der Waals surface area contributed by atoms with E-state index in [4.69, 9.17) is 0 Å². The first kappa shape index (κ1) is 18.3. The van der Waals surface area contributed by atoms with Crippen molar-refractivity contribution in [3.05, 3.63) is 47.7 Å². The Balaban J connectivity index is 2.24. The van der Waals surface area contributed by atoms with E-state index in [1.807, 2.05) is 5.32 Å². The van der Waals surface area contributed by atoms with Crippen molar-refractivity contribution < 1.29 is 26.8 Å². The molecule has 25 heavy (non-hydrogen) atoms. The molecule has 0 spiro atoms. The van der Waals surface area contributed by atoms with Crippen molar-refractivity contribution >= 4 is 39.9 Å². The Bertz CT molecular complexity index is 892. The fourth-order valence-electron chi connectivity index (χ4n) is 1.82. The van der Waals surface area contributed by atoms with Crippen LogP contribution in [0, 0.1) is 11.6 Å². The molecular formula is C14H12F2N4O4S. The summed E-state index contributed by atoms with van der Waals surface area (Å²) in [5.74, 6) is -3.37. The van der Waals surface area contributed by atoms with Gasteiger partial charge in [-0.2, -0.15) is 0 Å². The third-order valence-corrected chi connectivity index (χ3v) is 3.29. The number of thiol groups is 1. The molecular weight excluding hydrogens is 358 g/mol. The predicted octanol–water partition coefficient (Wildman–Crippen LogP) is 1.51. The second-order valence-electron chi connectivity index (χ2n) is 4.72. The van der Waals surface area contributed by atoms with Crippen LogP contribution in [0.5, 0.6) is 0 Å². The lowest BCUT2D eigenvalue weighted by Gasteiger charge is -2.10. The SMILES string of the molecule is CC(=O)Nc1ccc(C(=O)Nc2c(F)ccc(N[SH](=O)=O)c2F)cn1. The third kappa shape index (κ3) is 4.70. The average Bonchev–Trinajstić information content (AvgIpc) is 2.54. The van der Waals surface area contributed by atoms with Crippen molar-refractivity contribution in [2.24, 2.45) is 0 Å². The number of benzene rings is 1. The fraction of sp³-hybridized carbons (Fsp3) is 0.0714. The van der Waals surface area contributed by atoms with Gasteiger partial charge < -0.3 is 10.6 Å². The van der Waals surface area contributed by atoms with Crippen LogP contribution in [0.25, 0.3) is 0 Å². The van der Waals surface area contributed by atoms with Gasteiger partial charge in [0.25, 0.3) is 5.91 Å². The molecule has 0 aliphatic heterocycles. The monoisotopic (exact) mass is 370 g/mol. The molecule has 8 nitrogen and oxygen atoms in total. The summed E-state index contributed by atoms with van der Waals surface area (Å²) in [6, 6.07) is 4.32. The Morgan fingerprint density at radius 2 is 1.80 bits per heavy atom. The maximum Gasteiger partial charge on any atom is 0.257 e. The van der Waals surface area contributed by atoms with E-state index in [9.17, 15) is 26.8 Å². The van der Waals surface area contributed by atoms with Gasteiger partial charge in [-0.25, -0.2) is 22.2 Å². The standard InChI is InChI=1S/C14H12F2N4O4S/c1-7(21)18-11-5-2-8(6-17-11)14(22)19-13-9(15)3-4-10(12(13)16)20-25(23)24/h2-6,25H,1H3,(H,19,22)(H,17,18,21)(H,20,23,24). The van der Waals surface area contributed by atoms with E-state index in [2.05, 4.69) is 10.3 Å². The Hall–Kier alpha value is -3.08. The van der Waals surface area contributed by atoms with Gasteiger partial charge in [0.2, 0.25) is 16.8 Å². The summed E-state index contributed by atoms with van der Waals surface area (Å²) in [6.07, 6.45) is 1.10. The zero-order chi connectivity index (χ0) is 18.6. The van der Waals surface area contributed by atoms with Gasteiger partial charge >= 0.3 is 0 Å². The molecule has 2 aromatic rings. The molecule has 0 saturated heterocycles. The molecule has 0 fully saturated rings. The zero-order valence-electron chi connectivity index (χ0n) is 12.7. The second kappa shape index (κ2) is 7.66. The summed E-state index contributed by atoms with van der Waals surface area (Å²) in [7, 11) is -3.16. The number of hydrogen-bond donors (Lipinski definition) is 4. The molecule has 0 radical (unpaired) electrons. The minimum atomic E-state index is -3.16. The first-order chi connectivity index (χ1) is 11.8. The van der Waals surface area contributed by atoms with Gasteiger partial charge in [-0.3, -0.25) is 14.3 Å². The van der Waals surface area contributed by atoms with Crippen molar-refractivity contribution in [1.82, 2.24) is 4.98 Å². The molecule has 2 amide bonds. The first-order valence-corrected chi connectivity index (χ1v) is 7.89. The van der Waals surface area contributed by atoms with Crippen LogP contribution < -0.4 is 15.4 Å². The number of nitrogens with zero attached hydrogens (tertiary/aromatic N) is 1. The molecule has 132 valence electrons. The van der Waals surface area contributed by atoms with Gasteiger partial charge in [0.05, 0.1) is 11.3 Å². The number of halogens is 2. The van der Waals surface area contributed by atoms with Gasteiger partial charge in [-0.1, -0.05) is 0 Å². The van der Waals surface area contributed by atoms with Crippen molar-refractivity contribution in [3.8, 4) is 0 Å². The molecule has 2 rings (SSSR count). The normalized spacial score (nSPS) is 10.4. The summed E-state index contributed by atoms with van der Waals surface area (Å²) < 4.78 is 50.9. The van der Waals surface area contributed by atoms with Crippen molar-refractivity contribution in [2.75, 3.05) is 15.4 Å². The number of anilines is 3. The third-order valence-electron chi connectivity index (χ3n) is 2.87. The fourth-order valence-corrected chi connectivity index (χ4v) is 2.19. The molecule has 0 unspecified atom stereocenters. The number of carbonyl (C=O) groups is 2. The van der Waals surface area contributed by atoms with Crippen LogP contribution >= 0.6 is 0 Å². The van der Waals surface area contributed by atoms with Crippen molar-refractivity contribution in [1.29, 1.82) is 0 Å². The minimum Gasteiger partial charge on any atom is -0.317 e. The summed E-state index contributed by atoms with van der Waals surface area (Å²) in [6.45, 7) is 1.28. The van der Waals surface area contributed by atoms with E-state index in [1.165, 1.54) is 19.1 Å². The predicted molar refractivity (Wildman–Crippen MR) is 86.8 cm³/mol. The number of nitrogens with one attached hydrogen (secondary N) is 3. The highest BCUT2D eigenvalue weighted by Gasteiger charge is 2.17. The van der Waals surface area contributed by atoms with Crippen LogP contribution in [0.15, 0.2) is 30.5 Å². The molecule has 0 atom stereocenters. The number of pyridine rings is 1. The molecule has 0 aliphatic carbocycles. The van der Waals surface area contributed by atoms with Gasteiger partial charge in [0.15, 0.2) is 5.82 Å². The van der Waals surface area contributed by atoms with Gasteiger partial charge in [0, 0.05) is 13.1 Å². The van der Waals surface area contributed by atoms with Crippen LogP contribution in [0.3, 0.4) is 0 Å². The van der Waals surface area contributed by atoms with Gasteiger partial charge in [-0.15, -0.1) is 0 Å². The summed E-state index contributed by atoms with van der Waals surface area (Å²) in [5, 5.41) is 4.41. The van der Waals surface area contributed by atoms with E-state index < -0.39 is 39.8 Å². The Morgan fingerprint density at radius 3 is 2.36 bits per heavy atom. The van der Waals surface area contributed by atoms with Crippen molar-refractivity contribution in [2.45, 2.75) is 6.92 Å². The summed E-state index contributed by atoms with van der Waals surface area (Å²) >= 11 is 0. The molecule has 1 aromatic carbocycles. The number of rotatable bonds is 5. The van der Waals surface area contributed by atoms with Crippen LogP contribution in [-0.4, -0.2) is 25.2 Å². The second-order valence-corrected chi connectivity index (χ2v) is 5.46. The zero-order valence-corrected chi connectivity index (χ0v) is 13.6. The Kier molecular flexibility index (Phi) is 5.60. The highest BCUT2D eigenvalue weighted by atomic mass is 32.2. The average molecular weight is 370 g/mol. The highest BCUT2D eigenvalue weighted by Crippen LogP contribution is 2.26. The molecule has 1 heterocycles. The summed E-state index contributed by atoms with van der Waals surface area (Å²) in [5.41, 5.74) is -1.34. The molecule has 0 aliphatic rings. The number of aromatic nitrogens is 1. The van der Waals surface area contributed by atoms with Crippen molar-refractivity contribution in [3.63, 3.8) is 0 Å². The molecule has 3 N–H and O–H groups in total. The van der Waals surface area contributed by atoms with E-state index in [0.717, 1.165) is 18.3 Å². The minimum absolute atomic E-state index is 0.0267. The summed E-state index contributed by atoms with van der Waals surface area (Å²) in [4.78, 5) is 26.8. The topological polar surface area (TPSA) is 117 Å². The van der Waals surface area contributed by atoms with Gasteiger partial charge in [0.1, 0.15) is 17.3 Å². The lowest BCUT2D eigenvalue weighted by atomic mass is 10.2. The smallest absolute Gasteiger partial charge is 0.257 e. The largest absolute Gasteiger partial charge is 0.317 e. The quantitative estimate of drug-likeness (QED) is 0.595. The molecule has 11 heteroatoms. The van der Waals surface area contributed by atoms with E-state index in [0.29, 0.717) is 0 Å². The van der Waals surface area contributed by atoms with Crippen LogP contribution in [0.2, 0.25) is 0 Å². The first-order valence-electron chi connectivity index (χ1n) is 6.72.